The van der Waals surface area contributed by atoms with Gasteiger partial charge in [0.05, 0.1) is 0 Å². The second-order valence-corrected chi connectivity index (χ2v) is 5.87. The van der Waals surface area contributed by atoms with Crippen LogP contribution in [0.5, 0.6) is 0 Å². The molecule has 0 N–H and O–H groups in total. The SMILES string of the molecule is Cc1c(C)c(C)c(C2=CC=CC2)c(C2=CCC=C2)c1C. The van der Waals surface area contributed by atoms with Crippen LogP contribution in [-0.2, 0) is 0 Å². The second-order valence-electron chi connectivity index (χ2n) is 5.87. The lowest BCUT2D eigenvalue weighted by molar-refractivity contribution is 1.18. The molecule has 0 saturated carbocycles. The van der Waals surface area contributed by atoms with Crippen LogP contribution < -0.4 is 0 Å². The number of allylic oxidation sites excluding steroid dienone is 8. The molecule has 102 valence electrons. The molecule has 0 fully saturated rings. The minimum absolute atomic E-state index is 1.06. The largest absolute Gasteiger partial charge is 0.0801 e. The number of hydrogen-bond donors (Lipinski definition) is 0. The molecular weight excluding hydrogens is 240 g/mol. The summed E-state index contributed by atoms with van der Waals surface area (Å²) >= 11 is 0. The van der Waals surface area contributed by atoms with Crippen molar-refractivity contribution in [1.82, 2.24) is 0 Å². The van der Waals surface area contributed by atoms with Crippen molar-refractivity contribution in [3.8, 4) is 0 Å². The Kier molecular flexibility index (Phi) is 3.25. The zero-order chi connectivity index (χ0) is 14.3. The first-order valence-electron chi connectivity index (χ1n) is 7.44. The Balaban J connectivity index is 2.33. The third kappa shape index (κ3) is 1.91. The van der Waals surface area contributed by atoms with Gasteiger partial charge in [0.2, 0.25) is 0 Å². The monoisotopic (exact) mass is 262 g/mol. The molecule has 2 aliphatic rings. The van der Waals surface area contributed by atoms with Crippen LogP contribution in [0.1, 0.15) is 46.2 Å². The molecular formula is C20H22. The normalized spacial score (nSPS) is 16.8. The summed E-state index contributed by atoms with van der Waals surface area (Å²) in [5.41, 5.74) is 11.5. The van der Waals surface area contributed by atoms with Crippen LogP contribution in [0.2, 0.25) is 0 Å². The van der Waals surface area contributed by atoms with E-state index in [-0.39, 0.29) is 0 Å². The highest BCUT2D eigenvalue weighted by Crippen LogP contribution is 2.39. The summed E-state index contributed by atoms with van der Waals surface area (Å²) < 4.78 is 0. The molecule has 0 heteroatoms. The van der Waals surface area contributed by atoms with E-state index in [1.807, 2.05) is 0 Å². The fourth-order valence-electron chi connectivity index (χ4n) is 3.35. The van der Waals surface area contributed by atoms with E-state index >= 15 is 0 Å². The average molecular weight is 262 g/mol. The first-order chi connectivity index (χ1) is 9.61. The van der Waals surface area contributed by atoms with Crippen molar-refractivity contribution >= 4 is 11.1 Å². The van der Waals surface area contributed by atoms with Gasteiger partial charge in [-0.25, -0.2) is 0 Å². The Labute approximate surface area is 122 Å². The summed E-state index contributed by atoms with van der Waals surface area (Å²) in [5.74, 6) is 0. The summed E-state index contributed by atoms with van der Waals surface area (Å²) in [6.45, 7) is 9.06. The molecule has 0 bridgehead atoms. The molecule has 0 aromatic heterocycles. The quantitative estimate of drug-likeness (QED) is 0.650. The molecule has 0 atom stereocenters. The summed E-state index contributed by atoms with van der Waals surface area (Å²) in [4.78, 5) is 0. The number of benzene rings is 1. The second kappa shape index (κ2) is 4.94. The third-order valence-corrected chi connectivity index (χ3v) is 4.84. The standard InChI is InChI=1S/C20H22/c1-13-14(2)16(4)20(18-11-7-8-12-18)19(15(13)3)17-9-5-6-10-17/h5-7,9,11-12H,8,10H2,1-4H3. The highest BCUT2D eigenvalue weighted by molar-refractivity contribution is 5.90. The maximum absolute atomic E-state index is 2.35. The zero-order valence-corrected chi connectivity index (χ0v) is 12.9. The fraction of sp³-hybridized carbons (Fsp3) is 0.300. The highest BCUT2D eigenvalue weighted by Gasteiger charge is 2.20. The Morgan fingerprint density at radius 2 is 1.50 bits per heavy atom. The maximum Gasteiger partial charge on any atom is -0.00770 e. The summed E-state index contributed by atoms with van der Waals surface area (Å²) in [7, 11) is 0. The molecule has 1 aromatic carbocycles. The van der Waals surface area contributed by atoms with E-state index in [4.69, 9.17) is 0 Å². The molecule has 0 amide bonds. The summed E-state index contributed by atoms with van der Waals surface area (Å²) in [6.07, 6.45) is 15.7. The third-order valence-electron chi connectivity index (χ3n) is 4.84. The number of rotatable bonds is 2. The van der Waals surface area contributed by atoms with Gasteiger partial charge in [0, 0.05) is 0 Å². The van der Waals surface area contributed by atoms with Gasteiger partial charge in [0.25, 0.3) is 0 Å². The van der Waals surface area contributed by atoms with E-state index in [1.165, 1.54) is 44.5 Å². The Morgan fingerprint density at radius 1 is 0.800 bits per heavy atom. The molecule has 0 nitrogen and oxygen atoms in total. The van der Waals surface area contributed by atoms with Gasteiger partial charge in [-0.3, -0.25) is 0 Å². The summed E-state index contributed by atoms with van der Waals surface area (Å²) in [5, 5.41) is 0. The van der Waals surface area contributed by atoms with E-state index in [2.05, 4.69) is 64.2 Å². The van der Waals surface area contributed by atoms with Crippen molar-refractivity contribution in [3.63, 3.8) is 0 Å². The van der Waals surface area contributed by atoms with Gasteiger partial charge in [0.15, 0.2) is 0 Å². The Hall–Kier alpha value is -1.82. The Morgan fingerprint density at radius 3 is 2.05 bits per heavy atom. The molecule has 0 saturated heterocycles. The minimum Gasteiger partial charge on any atom is -0.0801 e. The van der Waals surface area contributed by atoms with E-state index in [0.29, 0.717) is 0 Å². The first-order valence-corrected chi connectivity index (χ1v) is 7.44. The van der Waals surface area contributed by atoms with Gasteiger partial charge in [-0.1, -0.05) is 36.5 Å². The van der Waals surface area contributed by atoms with E-state index in [9.17, 15) is 0 Å². The van der Waals surface area contributed by atoms with Crippen molar-refractivity contribution in [2.45, 2.75) is 40.5 Å². The van der Waals surface area contributed by atoms with Crippen LogP contribution in [0.4, 0.5) is 0 Å². The van der Waals surface area contributed by atoms with Crippen LogP contribution >= 0.6 is 0 Å². The average Bonchev–Trinajstić information content (AvgIpc) is 3.12. The van der Waals surface area contributed by atoms with E-state index in [1.54, 1.807) is 0 Å². The van der Waals surface area contributed by atoms with E-state index < -0.39 is 0 Å². The van der Waals surface area contributed by atoms with Gasteiger partial charge in [0.1, 0.15) is 0 Å². The van der Waals surface area contributed by atoms with Crippen molar-refractivity contribution in [3.05, 3.63) is 69.8 Å². The predicted octanol–water partition coefficient (Wildman–Crippen LogP) is 5.61. The molecule has 3 rings (SSSR count). The van der Waals surface area contributed by atoms with Gasteiger partial charge in [-0.05, 0) is 85.1 Å². The van der Waals surface area contributed by atoms with Crippen molar-refractivity contribution in [1.29, 1.82) is 0 Å². The van der Waals surface area contributed by atoms with Gasteiger partial charge in [-0.15, -0.1) is 0 Å². The smallest absolute Gasteiger partial charge is 0.00770 e. The lowest BCUT2D eigenvalue weighted by Crippen LogP contribution is -2.04. The van der Waals surface area contributed by atoms with Crippen LogP contribution in [0.15, 0.2) is 36.5 Å². The maximum atomic E-state index is 2.35. The molecule has 20 heavy (non-hydrogen) atoms. The first kappa shape index (κ1) is 13.2. The van der Waals surface area contributed by atoms with Crippen molar-refractivity contribution < 1.29 is 0 Å². The van der Waals surface area contributed by atoms with Gasteiger partial charge >= 0.3 is 0 Å². The molecule has 0 heterocycles. The van der Waals surface area contributed by atoms with Crippen LogP contribution in [0, 0.1) is 27.7 Å². The number of hydrogen-bond acceptors (Lipinski definition) is 0. The molecule has 0 radical (unpaired) electrons. The fourth-order valence-corrected chi connectivity index (χ4v) is 3.35. The molecule has 0 aliphatic heterocycles. The van der Waals surface area contributed by atoms with Crippen LogP contribution in [0.3, 0.4) is 0 Å². The lowest BCUT2D eigenvalue weighted by atomic mass is 9.82. The topological polar surface area (TPSA) is 0 Å². The highest BCUT2D eigenvalue weighted by atomic mass is 14.2. The molecule has 0 spiro atoms. The van der Waals surface area contributed by atoms with Crippen molar-refractivity contribution in [2.24, 2.45) is 0 Å². The minimum atomic E-state index is 1.06. The molecule has 0 unspecified atom stereocenters. The molecule has 2 aliphatic carbocycles. The summed E-state index contributed by atoms with van der Waals surface area (Å²) in [6, 6.07) is 0. The molecule has 1 aromatic rings. The Bertz CT molecular complexity index is 691. The van der Waals surface area contributed by atoms with E-state index in [0.717, 1.165) is 12.8 Å². The zero-order valence-electron chi connectivity index (χ0n) is 12.9. The van der Waals surface area contributed by atoms with Crippen LogP contribution in [-0.4, -0.2) is 0 Å². The van der Waals surface area contributed by atoms with Gasteiger partial charge in [-0.2, -0.15) is 0 Å². The van der Waals surface area contributed by atoms with Crippen molar-refractivity contribution in [2.75, 3.05) is 0 Å². The predicted molar refractivity (Wildman–Crippen MR) is 88.9 cm³/mol. The van der Waals surface area contributed by atoms with Gasteiger partial charge < -0.3 is 0 Å². The lowest BCUT2D eigenvalue weighted by Gasteiger charge is -2.22. The van der Waals surface area contributed by atoms with Crippen LogP contribution in [0.25, 0.3) is 11.1 Å².